The lowest BCUT2D eigenvalue weighted by Gasteiger charge is -2.16. The molecule has 2 rings (SSSR count). The molecule has 1 unspecified atom stereocenters. The molecule has 0 spiro atoms. The minimum Gasteiger partial charge on any atom is -0.494 e. The van der Waals surface area contributed by atoms with Gasteiger partial charge in [0.1, 0.15) is 0 Å². The Kier molecular flexibility index (Phi) is 4.27. The number of benzene rings is 2. The zero-order chi connectivity index (χ0) is 13.8. The molecule has 100 valence electrons. The smallest absolute Gasteiger partial charge is 0.165 e. The van der Waals surface area contributed by atoms with Crippen molar-refractivity contribution in [2.45, 2.75) is 13.0 Å². The number of hydrogen-bond acceptors (Lipinski definition) is 2. The highest BCUT2D eigenvalue weighted by Crippen LogP contribution is 2.25. The van der Waals surface area contributed by atoms with Gasteiger partial charge in [-0.25, -0.2) is 4.39 Å². The average molecular weight is 280 g/mol. The summed E-state index contributed by atoms with van der Waals surface area (Å²) >= 11 is 5.84. The summed E-state index contributed by atoms with van der Waals surface area (Å²) in [6.07, 6.45) is 0. The molecule has 0 aliphatic heterocycles. The van der Waals surface area contributed by atoms with Crippen molar-refractivity contribution in [3.05, 3.63) is 58.9 Å². The molecule has 0 fully saturated rings. The third-order valence-corrected chi connectivity index (χ3v) is 3.15. The van der Waals surface area contributed by atoms with Crippen LogP contribution in [0.5, 0.6) is 5.75 Å². The van der Waals surface area contributed by atoms with Gasteiger partial charge in [-0.15, -0.1) is 0 Å². The third-order valence-electron chi connectivity index (χ3n) is 2.90. The van der Waals surface area contributed by atoms with E-state index in [2.05, 4.69) is 5.32 Å². The Morgan fingerprint density at radius 2 is 1.84 bits per heavy atom. The van der Waals surface area contributed by atoms with E-state index in [0.717, 1.165) is 11.3 Å². The van der Waals surface area contributed by atoms with E-state index in [1.807, 2.05) is 31.2 Å². The fourth-order valence-electron chi connectivity index (χ4n) is 1.83. The van der Waals surface area contributed by atoms with E-state index in [1.165, 1.54) is 13.2 Å². The van der Waals surface area contributed by atoms with E-state index < -0.39 is 0 Å². The number of nitrogens with one attached hydrogen (secondary N) is 1. The van der Waals surface area contributed by atoms with Crippen molar-refractivity contribution in [1.82, 2.24) is 0 Å². The molecule has 1 atom stereocenters. The highest BCUT2D eigenvalue weighted by atomic mass is 35.5. The third kappa shape index (κ3) is 3.38. The van der Waals surface area contributed by atoms with Gasteiger partial charge in [0.25, 0.3) is 0 Å². The maximum absolute atomic E-state index is 13.3. The van der Waals surface area contributed by atoms with Crippen molar-refractivity contribution < 1.29 is 9.13 Å². The van der Waals surface area contributed by atoms with E-state index in [4.69, 9.17) is 16.3 Å². The average Bonchev–Trinajstić information content (AvgIpc) is 2.42. The van der Waals surface area contributed by atoms with Crippen molar-refractivity contribution >= 4 is 17.3 Å². The van der Waals surface area contributed by atoms with Gasteiger partial charge >= 0.3 is 0 Å². The van der Waals surface area contributed by atoms with Crippen LogP contribution < -0.4 is 10.1 Å². The van der Waals surface area contributed by atoms with Gasteiger partial charge in [0.15, 0.2) is 11.6 Å². The van der Waals surface area contributed by atoms with Crippen LogP contribution in [0.2, 0.25) is 5.02 Å². The summed E-state index contributed by atoms with van der Waals surface area (Å²) < 4.78 is 18.3. The van der Waals surface area contributed by atoms with Crippen molar-refractivity contribution in [2.75, 3.05) is 12.4 Å². The first kappa shape index (κ1) is 13.7. The van der Waals surface area contributed by atoms with Crippen molar-refractivity contribution in [3.63, 3.8) is 0 Å². The number of rotatable bonds is 4. The second-order valence-electron chi connectivity index (χ2n) is 4.27. The molecule has 2 nitrogen and oxygen atoms in total. The van der Waals surface area contributed by atoms with Crippen LogP contribution in [0.4, 0.5) is 10.1 Å². The predicted molar refractivity (Wildman–Crippen MR) is 76.4 cm³/mol. The normalized spacial score (nSPS) is 12.0. The summed E-state index contributed by atoms with van der Waals surface area (Å²) in [6.45, 7) is 2.00. The summed E-state index contributed by atoms with van der Waals surface area (Å²) in [5.74, 6) is -0.104. The number of anilines is 1. The van der Waals surface area contributed by atoms with E-state index in [-0.39, 0.29) is 17.6 Å². The summed E-state index contributed by atoms with van der Waals surface area (Å²) in [6, 6.07) is 12.3. The Balaban J connectivity index is 2.15. The topological polar surface area (TPSA) is 21.3 Å². The Labute approximate surface area is 117 Å². The van der Waals surface area contributed by atoms with Gasteiger partial charge in [-0.2, -0.15) is 0 Å². The molecule has 0 radical (unpaired) electrons. The highest BCUT2D eigenvalue weighted by Gasteiger charge is 2.09. The largest absolute Gasteiger partial charge is 0.494 e. The van der Waals surface area contributed by atoms with Crippen LogP contribution in [0.1, 0.15) is 18.5 Å². The molecule has 0 amide bonds. The first-order valence-corrected chi connectivity index (χ1v) is 6.33. The van der Waals surface area contributed by atoms with Crippen LogP contribution in [0, 0.1) is 5.82 Å². The molecule has 0 aliphatic rings. The van der Waals surface area contributed by atoms with Gasteiger partial charge in [0.2, 0.25) is 0 Å². The van der Waals surface area contributed by atoms with Crippen molar-refractivity contribution in [1.29, 1.82) is 0 Å². The van der Waals surface area contributed by atoms with Gasteiger partial charge < -0.3 is 10.1 Å². The Morgan fingerprint density at radius 1 is 1.16 bits per heavy atom. The molecule has 0 saturated heterocycles. The molecule has 0 heterocycles. The zero-order valence-corrected chi connectivity index (χ0v) is 11.5. The molecule has 2 aromatic carbocycles. The fourth-order valence-corrected chi connectivity index (χ4v) is 1.95. The van der Waals surface area contributed by atoms with Crippen LogP contribution in [-0.2, 0) is 0 Å². The minimum atomic E-state index is -0.357. The lowest BCUT2D eigenvalue weighted by molar-refractivity contribution is 0.385. The predicted octanol–water partition coefficient (Wildman–Crippen LogP) is 4.66. The van der Waals surface area contributed by atoms with E-state index >= 15 is 0 Å². The SMILES string of the molecule is COc1cc(C(C)Nc2ccc(Cl)cc2)ccc1F. The van der Waals surface area contributed by atoms with Crippen molar-refractivity contribution in [2.24, 2.45) is 0 Å². The zero-order valence-electron chi connectivity index (χ0n) is 10.8. The molecule has 2 aromatic rings. The van der Waals surface area contributed by atoms with Gasteiger partial charge in [-0.1, -0.05) is 17.7 Å². The number of ether oxygens (including phenoxy) is 1. The molecule has 1 N–H and O–H groups in total. The number of halogens is 2. The lowest BCUT2D eigenvalue weighted by Crippen LogP contribution is -2.07. The molecule has 0 aliphatic carbocycles. The first-order valence-electron chi connectivity index (χ1n) is 5.95. The molecule has 19 heavy (non-hydrogen) atoms. The van der Waals surface area contributed by atoms with Crippen LogP contribution in [0.25, 0.3) is 0 Å². The fraction of sp³-hybridized carbons (Fsp3) is 0.200. The molecule has 0 saturated carbocycles. The Morgan fingerprint density at radius 3 is 2.47 bits per heavy atom. The summed E-state index contributed by atoms with van der Waals surface area (Å²) in [5.41, 5.74) is 1.91. The number of methoxy groups -OCH3 is 1. The standard InChI is InChI=1S/C15H15ClFNO/c1-10(18-13-6-4-12(16)5-7-13)11-3-8-14(17)15(9-11)19-2/h3-10,18H,1-2H3. The van der Waals surface area contributed by atoms with Crippen molar-refractivity contribution in [3.8, 4) is 5.75 Å². The Hall–Kier alpha value is -1.74. The van der Waals surface area contributed by atoms with Gasteiger partial charge in [-0.3, -0.25) is 0 Å². The van der Waals surface area contributed by atoms with Gasteiger partial charge in [0.05, 0.1) is 7.11 Å². The number of hydrogen-bond donors (Lipinski definition) is 1. The monoisotopic (exact) mass is 279 g/mol. The van der Waals surface area contributed by atoms with Crippen LogP contribution in [0.3, 0.4) is 0 Å². The summed E-state index contributed by atoms with van der Waals surface area (Å²) in [7, 11) is 1.46. The van der Waals surface area contributed by atoms with E-state index in [1.54, 1.807) is 12.1 Å². The second-order valence-corrected chi connectivity index (χ2v) is 4.70. The van der Waals surface area contributed by atoms with Gasteiger partial charge in [0, 0.05) is 16.8 Å². The molecular formula is C15H15ClFNO. The highest BCUT2D eigenvalue weighted by molar-refractivity contribution is 6.30. The van der Waals surface area contributed by atoms with E-state index in [0.29, 0.717) is 5.02 Å². The summed E-state index contributed by atoms with van der Waals surface area (Å²) in [5, 5.41) is 4.02. The molecule has 0 aromatic heterocycles. The maximum atomic E-state index is 13.3. The van der Waals surface area contributed by atoms with Crippen LogP contribution in [0.15, 0.2) is 42.5 Å². The second kappa shape index (κ2) is 5.93. The molecular weight excluding hydrogens is 265 g/mol. The van der Waals surface area contributed by atoms with Crippen LogP contribution in [-0.4, -0.2) is 7.11 Å². The maximum Gasteiger partial charge on any atom is 0.165 e. The first-order chi connectivity index (χ1) is 9.10. The molecule has 0 bridgehead atoms. The quantitative estimate of drug-likeness (QED) is 0.879. The lowest BCUT2D eigenvalue weighted by atomic mass is 10.1. The van der Waals surface area contributed by atoms with Gasteiger partial charge in [-0.05, 0) is 48.9 Å². The van der Waals surface area contributed by atoms with E-state index in [9.17, 15) is 4.39 Å². The Bertz CT molecular complexity index is 557. The summed E-state index contributed by atoms with van der Waals surface area (Å²) in [4.78, 5) is 0. The minimum absolute atomic E-state index is 0.0377. The molecule has 4 heteroatoms. The van der Waals surface area contributed by atoms with Crippen LogP contribution >= 0.6 is 11.6 Å².